The molecular weight excluding hydrogens is 158 g/mol. The van der Waals surface area contributed by atoms with Crippen molar-refractivity contribution in [2.75, 3.05) is 5.75 Å². The predicted octanol–water partition coefficient (Wildman–Crippen LogP) is 1.05. The minimum atomic E-state index is 0.540. The second kappa shape index (κ2) is 4.31. The summed E-state index contributed by atoms with van der Waals surface area (Å²) in [5.41, 5.74) is 6.58. The van der Waals surface area contributed by atoms with E-state index in [9.17, 15) is 0 Å². The van der Waals surface area contributed by atoms with Crippen LogP contribution in [0.25, 0.3) is 0 Å². The number of nitrogens with zero attached hydrogens (tertiary/aromatic N) is 2. The maximum atomic E-state index is 5.50. The van der Waals surface area contributed by atoms with Crippen molar-refractivity contribution in [3.63, 3.8) is 0 Å². The van der Waals surface area contributed by atoms with Crippen LogP contribution in [0.1, 0.15) is 12.5 Å². The lowest BCUT2D eigenvalue weighted by atomic mass is 10.3. The molecule has 3 nitrogen and oxygen atoms in total. The summed E-state index contributed by atoms with van der Waals surface area (Å²) < 4.78 is 0. The van der Waals surface area contributed by atoms with E-state index in [2.05, 4.69) is 17.1 Å². The molecule has 0 aliphatic heterocycles. The van der Waals surface area contributed by atoms with E-state index in [1.165, 1.54) is 0 Å². The Balaban J connectivity index is 2.83. The van der Waals surface area contributed by atoms with Crippen LogP contribution < -0.4 is 5.73 Å². The summed E-state index contributed by atoms with van der Waals surface area (Å²) in [5.74, 6) is 1.01. The molecule has 1 heterocycles. The van der Waals surface area contributed by atoms with Crippen LogP contribution >= 0.6 is 11.8 Å². The van der Waals surface area contributed by atoms with E-state index >= 15 is 0 Å². The van der Waals surface area contributed by atoms with Gasteiger partial charge in [-0.15, -0.1) is 16.9 Å². The number of thioether (sulfide) groups is 1. The van der Waals surface area contributed by atoms with Gasteiger partial charge in [-0.3, -0.25) is 0 Å². The standard InChI is InChI=1S/C7H11N3S/c1-2-11-7-6(5-8)3-4-9-10-7/h3-4H,2,5,8H2,1H3. The summed E-state index contributed by atoms with van der Waals surface area (Å²) in [6.45, 7) is 2.62. The molecule has 0 atom stereocenters. The fourth-order valence-corrected chi connectivity index (χ4v) is 1.47. The highest BCUT2D eigenvalue weighted by Crippen LogP contribution is 2.17. The van der Waals surface area contributed by atoms with Crippen LogP contribution in [0.2, 0.25) is 0 Å². The molecule has 1 aromatic rings. The van der Waals surface area contributed by atoms with Crippen molar-refractivity contribution in [1.82, 2.24) is 10.2 Å². The first kappa shape index (κ1) is 8.49. The van der Waals surface area contributed by atoms with E-state index in [0.717, 1.165) is 16.3 Å². The van der Waals surface area contributed by atoms with Gasteiger partial charge in [-0.05, 0) is 11.8 Å². The van der Waals surface area contributed by atoms with Gasteiger partial charge in [0.1, 0.15) is 5.03 Å². The van der Waals surface area contributed by atoms with Gasteiger partial charge in [0.25, 0.3) is 0 Å². The van der Waals surface area contributed by atoms with E-state index in [4.69, 9.17) is 5.73 Å². The SMILES string of the molecule is CCSc1nnccc1CN. The van der Waals surface area contributed by atoms with Crippen LogP contribution in [0.15, 0.2) is 17.3 Å². The summed E-state index contributed by atoms with van der Waals surface area (Å²) in [7, 11) is 0. The van der Waals surface area contributed by atoms with Crippen molar-refractivity contribution < 1.29 is 0 Å². The zero-order valence-corrected chi connectivity index (χ0v) is 7.27. The fraction of sp³-hybridized carbons (Fsp3) is 0.429. The van der Waals surface area contributed by atoms with Crippen LogP contribution in [-0.2, 0) is 6.54 Å². The van der Waals surface area contributed by atoms with Crippen molar-refractivity contribution in [3.05, 3.63) is 17.8 Å². The van der Waals surface area contributed by atoms with Gasteiger partial charge in [-0.25, -0.2) is 0 Å². The summed E-state index contributed by atoms with van der Waals surface area (Å²) in [5, 5.41) is 8.71. The second-order valence-electron chi connectivity index (χ2n) is 2.00. The van der Waals surface area contributed by atoms with Gasteiger partial charge in [-0.1, -0.05) is 6.92 Å². The highest BCUT2D eigenvalue weighted by atomic mass is 32.2. The monoisotopic (exact) mass is 169 g/mol. The van der Waals surface area contributed by atoms with E-state index in [-0.39, 0.29) is 0 Å². The third kappa shape index (κ3) is 2.17. The molecule has 0 saturated heterocycles. The van der Waals surface area contributed by atoms with Crippen molar-refractivity contribution in [3.8, 4) is 0 Å². The molecule has 2 N–H and O–H groups in total. The molecule has 0 saturated carbocycles. The Kier molecular flexibility index (Phi) is 3.32. The predicted molar refractivity (Wildman–Crippen MR) is 46.3 cm³/mol. The molecule has 1 aromatic heterocycles. The fourth-order valence-electron chi connectivity index (χ4n) is 0.758. The molecular formula is C7H11N3S. The molecule has 0 aromatic carbocycles. The summed E-state index contributed by atoms with van der Waals surface area (Å²) in [4.78, 5) is 0. The molecule has 0 aliphatic carbocycles. The van der Waals surface area contributed by atoms with Crippen molar-refractivity contribution in [2.45, 2.75) is 18.5 Å². The molecule has 0 bridgehead atoms. The first-order valence-corrected chi connectivity index (χ1v) is 4.50. The van der Waals surface area contributed by atoms with Gasteiger partial charge in [0.05, 0.1) is 0 Å². The van der Waals surface area contributed by atoms with Crippen molar-refractivity contribution in [1.29, 1.82) is 0 Å². The average molecular weight is 169 g/mol. The highest BCUT2D eigenvalue weighted by Gasteiger charge is 2.00. The minimum Gasteiger partial charge on any atom is -0.326 e. The van der Waals surface area contributed by atoms with Gasteiger partial charge in [-0.2, -0.15) is 5.10 Å². The Morgan fingerprint density at radius 2 is 2.45 bits per heavy atom. The first-order chi connectivity index (χ1) is 5.38. The van der Waals surface area contributed by atoms with E-state index in [1.807, 2.05) is 6.07 Å². The Hall–Kier alpha value is -0.610. The van der Waals surface area contributed by atoms with Crippen LogP contribution in [-0.4, -0.2) is 16.0 Å². The van der Waals surface area contributed by atoms with Crippen molar-refractivity contribution in [2.24, 2.45) is 5.73 Å². The Labute approximate surface area is 70.4 Å². The van der Waals surface area contributed by atoms with Crippen molar-refractivity contribution >= 4 is 11.8 Å². The van der Waals surface area contributed by atoms with E-state index in [0.29, 0.717) is 6.54 Å². The average Bonchev–Trinajstić information content (AvgIpc) is 2.06. The molecule has 1 rings (SSSR count). The summed E-state index contributed by atoms with van der Waals surface area (Å²) in [6, 6.07) is 1.91. The van der Waals surface area contributed by atoms with Gasteiger partial charge < -0.3 is 5.73 Å². The smallest absolute Gasteiger partial charge is 0.123 e. The number of rotatable bonds is 3. The van der Waals surface area contributed by atoms with Gasteiger partial charge in [0.2, 0.25) is 0 Å². The zero-order valence-electron chi connectivity index (χ0n) is 6.45. The van der Waals surface area contributed by atoms with E-state index < -0.39 is 0 Å². The van der Waals surface area contributed by atoms with Gasteiger partial charge >= 0.3 is 0 Å². The van der Waals surface area contributed by atoms with Crippen LogP contribution in [0.4, 0.5) is 0 Å². The lowest BCUT2D eigenvalue weighted by Gasteiger charge is -2.01. The molecule has 0 amide bonds. The molecule has 0 radical (unpaired) electrons. The highest BCUT2D eigenvalue weighted by molar-refractivity contribution is 7.99. The summed E-state index contributed by atoms with van der Waals surface area (Å²) >= 11 is 1.67. The maximum absolute atomic E-state index is 5.50. The Bertz CT molecular complexity index is 227. The van der Waals surface area contributed by atoms with Crippen LogP contribution in [0.3, 0.4) is 0 Å². The van der Waals surface area contributed by atoms with E-state index in [1.54, 1.807) is 18.0 Å². The molecule has 60 valence electrons. The van der Waals surface area contributed by atoms with Crippen LogP contribution in [0.5, 0.6) is 0 Å². The first-order valence-electron chi connectivity index (χ1n) is 3.52. The number of aromatic nitrogens is 2. The van der Waals surface area contributed by atoms with Gasteiger partial charge in [0, 0.05) is 18.3 Å². The normalized spacial score (nSPS) is 10.0. The minimum absolute atomic E-state index is 0.540. The second-order valence-corrected chi connectivity index (χ2v) is 3.25. The third-order valence-corrected chi connectivity index (χ3v) is 2.17. The maximum Gasteiger partial charge on any atom is 0.123 e. The van der Waals surface area contributed by atoms with Crippen LogP contribution in [0, 0.1) is 0 Å². The molecule has 11 heavy (non-hydrogen) atoms. The number of hydrogen-bond donors (Lipinski definition) is 1. The number of nitrogens with two attached hydrogens (primary N) is 1. The zero-order chi connectivity index (χ0) is 8.10. The summed E-state index contributed by atoms with van der Waals surface area (Å²) in [6.07, 6.45) is 1.67. The largest absolute Gasteiger partial charge is 0.326 e. The number of hydrogen-bond acceptors (Lipinski definition) is 4. The molecule has 0 spiro atoms. The lowest BCUT2D eigenvalue weighted by molar-refractivity contribution is 0.867. The molecule has 0 aliphatic rings. The van der Waals surface area contributed by atoms with Gasteiger partial charge in [0.15, 0.2) is 0 Å². The molecule has 0 unspecified atom stereocenters. The quantitative estimate of drug-likeness (QED) is 0.687. The Morgan fingerprint density at radius 1 is 1.64 bits per heavy atom. The lowest BCUT2D eigenvalue weighted by Crippen LogP contribution is -2.00. The molecule has 0 fully saturated rings. The third-order valence-electron chi connectivity index (χ3n) is 1.27. The Morgan fingerprint density at radius 3 is 3.09 bits per heavy atom. The topological polar surface area (TPSA) is 51.8 Å². The molecule has 4 heteroatoms.